The van der Waals surface area contributed by atoms with Crippen LogP contribution in [0.25, 0.3) is 0 Å². The van der Waals surface area contributed by atoms with E-state index in [2.05, 4.69) is 9.47 Å². The maximum absolute atomic E-state index is 10.4. The van der Waals surface area contributed by atoms with Gasteiger partial charge in [-0.05, 0) is 0 Å². The molecule has 0 aliphatic heterocycles. The molecule has 0 saturated carbocycles. The summed E-state index contributed by atoms with van der Waals surface area (Å²) >= 11 is 0. The number of ether oxygens (including phenoxy) is 2. The molecule has 0 spiro atoms. The minimum absolute atomic E-state index is 0. The molecule has 0 amide bonds. The first-order valence-electron chi connectivity index (χ1n) is 2.88. The first kappa shape index (κ1) is 30.1. The predicted molar refractivity (Wildman–Crippen MR) is 38.0 cm³/mol. The summed E-state index contributed by atoms with van der Waals surface area (Å²) < 4.78 is 7.62. The van der Waals surface area contributed by atoms with Crippen molar-refractivity contribution in [2.45, 2.75) is 13.8 Å². The fraction of sp³-hybridized carbons (Fsp3) is 0.333. The Morgan fingerprint density at radius 3 is 1.00 bits per heavy atom. The molecule has 0 aliphatic rings. The molecule has 10 heteroatoms. The van der Waals surface area contributed by atoms with Crippen LogP contribution in [0.1, 0.15) is 19.6 Å². The van der Waals surface area contributed by atoms with E-state index in [0.29, 0.717) is 0 Å². The van der Waals surface area contributed by atoms with E-state index in [4.69, 9.17) is 0 Å². The Morgan fingerprint density at radius 2 is 0.875 bits per heavy atom. The molecule has 0 aromatic rings. The fourth-order valence-electron chi connectivity index (χ4n) is 0.344. The smallest absolute Gasteiger partial charge is 1.00 e. The summed E-state index contributed by atoms with van der Waals surface area (Å²) in [7, 11) is 0. The molecule has 0 rings (SSSR count). The zero-order valence-electron chi connectivity index (χ0n) is 14.4. The van der Waals surface area contributed by atoms with Gasteiger partial charge in [-0.2, -0.15) is 0 Å². The summed E-state index contributed by atoms with van der Waals surface area (Å²) in [6, 6.07) is 0. The van der Waals surface area contributed by atoms with Gasteiger partial charge in [-0.1, -0.05) is 0 Å². The van der Waals surface area contributed by atoms with Crippen molar-refractivity contribution in [1.82, 2.24) is 0 Å². The van der Waals surface area contributed by atoms with E-state index in [1.165, 1.54) is 0 Å². The van der Waals surface area contributed by atoms with Gasteiger partial charge in [-0.25, -0.2) is 9.59 Å². The van der Waals surface area contributed by atoms with E-state index < -0.39 is 23.9 Å². The predicted octanol–water partition coefficient (Wildman–Crippen LogP) is -12.4. The Kier molecular flexibility index (Phi) is 29.4. The third kappa shape index (κ3) is 17.1. The number of hydrogen-bond acceptors (Lipinski definition) is 6. The van der Waals surface area contributed by atoms with Crippen LogP contribution in [0, 0.1) is 0 Å². The molecule has 0 aromatic heterocycles. The zero-order valence-corrected chi connectivity index (χ0v) is 10.4. The van der Waals surface area contributed by atoms with Crippen LogP contribution in [0.4, 0.5) is 0 Å². The Balaban J connectivity index is -0.0000000216. The molecular weight excluding hydrogens is 196 g/mol. The van der Waals surface area contributed by atoms with Crippen LogP contribution in [0.15, 0.2) is 0 Å². The summed E-state index contributed by atoms with van der Waals surface area (Å²) in [5, 5.41) is 0. The molecule has 16 heavy (non-hydrogen) atoms. The van der Waals surface area contributed by atoms with E-state index in [1.54, 1.807) is 0 Å². The van der Waals surface area contributed by atoms with Gasteiger partial charge in [0, 0.05) is 13.8 Å². The van der Waals surface area contributed by atoms with Crippen molar-refractivity contribution in [3.05, 3.63) is 0 Å². The molecule has 0 heterocycles. The summed E-state index contributed by atoms with van der Waals surface area (Å²) in [5.41, 5.74) is 0. The number of hydrogen-bond donors (Lipinski definition) is 0. The first-order valence-corrected chi connectivity index (χ1v) is 2.88. The van der Waals surface area contributed by atoms with Crippen LogP contribution >= 0.6 is 0 Å². The topological polar surface area (TPSA) is 86.7 Å². The summed E-state index contributed by atoms with van der Waals surface area (Å²) in [4.78, 5) is 41.1. The van der Waals surface area contributed by atoms with E-state index in [1.807, 2.05) is 0 Å². The SMILES string of the molecule is CC(=O)OC(=O)C(=O)OC(C)=O.[H-].[H-].[H-].[H-].[Li+].[Li+].[Li+].[Li+]. The molecule has 0 saturated heterocycles. The molecular formula is C6H10Li4O6. The van der Waals surface area contributed by atoms with Gasteiger partial charge in [0.15, 0.2) is 0 Å². The van der Waals surface area contributed by atoms with Crippen molar-refractivity contribution >= 4 is 23.9 Å². The maximum Gasteiger partial charge on any atom is 1.00 e. The number of carbonyl (C=O) groups is 4. The summed E-state index contributed by atoms with van der Waals surface area (Å²) in [6.45, 7) is 1.89. The quantitative estimate of drug-likeness (QED) is 0.169. The Morgan fingerprint density at radius 1 is 0.688 bits per heavy atom. The molecule has 0 bridgehead atoms. The minimum atomic E-state index is -1.50. The van der Waals surface area contributed by atoms with Crippen molar-refractivity contribution in [3.63, 3.8) is 0 Å². The third-order valence-corrected chi connectivity index (χ3v) is 0.640. The summed E-state index contributed by atoms with van der Waals surface area (Å²) in [6.07, 6.45) is 0. The molecule has 0 aliphatic carbocycles. The molecule has 0 atom stereocenters. The molecule has 74 valence electrons. The van der Waals surface area contributed by atoms with Gasteiger partial charge >= 0.3 is 99.3 Å². The largest absolute Gasteiger partial charge is 1.00 e. The van der Waals surface area contributed by atoms with Crippen molar-refractivity contribution in [2.75, 3.05) is 0 Å². The zero-order chi connectivity index (χ0) is 9.72. The van der Waals surface area contributed by atoms with Crippen molar-refractivity contribution in [1.29, 1.82) is 0 Å². The molecule has 0 aromatic carbocycles. The van der Waals surface area contributed by atoms with Gasteiger partial charge < -0.3 is 15.2 Å². The number of rotatable bonds is 0. The van der Waals surface area contributed by atoms with Gasteiger partial charge in [-0.3, -0.25) is 9.59 Å². The number of esters is 4. The average Bonchev–Trinajstić information content (AvgIpc) is 1.84. The van der Waals surface area contributed by atoms with Crippen molar-refractivity contribution < 1.29 is 110 Å². The summed E-state index contributed by atoms with van der Waals surface area (Å²) in [5.74, 6) is -4.89. The van der Waals surface area contributed by atoms with E-state index in [0.717, 1.165) is 13.8 Å². The second-order valence-electron chi connectivity index (χ2n) is 1.76. The molecule has 0 N–H and O–H groups in total. The van der Waals surface area contributed by atoms with Crippen LogP contribution in [0.3, 0.4) is 0 Å². The number of carbonyl (C=O) groups excluding carboxylic acids is 4. The van der Waals surface area contributed by atoms with Crippen molar-refractivity contribution in [2.24, 2.45) is 0 Å². The van der Waals surface area contributed by atoms with E-state index >= 15 is 0 Å². The first-order chi connectivity index (χ1) is 5.43. The normalized spacial score (nSPS) is 6.38. The fourth-order valence-corrected chi connectivity index (χ4v) is 0.344. The van der Waals surface area contributed by atoms with Crippen molar-refractivity contribution in [3.8, 4) is 0 Å². The Hall–Kier alpha value is 0.670. The van der Waals surface area contributed by atoms with Crippen LogP contribution in [0.2, 0.25) is 0 Å². The van der Waals surface area contributed by atoms with Gasteiger partial charge in [0.1, 0.15) is 0 Å². The second kappa shape index (κ2) is 15.7. The van der Waals surface area contributed by atoms with E-state index in [-0.39, 0.29) is 81.1 Å². The standard InChI is InChI=1S/C6H6O6.4Li.4H/c1-3(7)11-5(9)6(10)12-4(2)8;;;;;;;;/h1-2H3;;;;;;;;/q;4*+1;4*-1. The molecule has 0 fully saturated rings. The maximum atomic E-state index is 10.4. The monoisotopic (exact) mass is 206 g/mol. The molecule has 6 nitrogen and oxygen atoms in total. The average molecular weight is 206 g/mol. The van der Waals surface area contributed by atoms with Crippen LogP contribution in [0.5, 0.6) is 0 Å². The molecule has 0 unspecified atom stereocenters. The van der Waals surface area contributed by atoms with Crippen LogP contribution in [-0.4, -0.2) is 23.9 Å². The Bertz CT molecular complexity index is 242. The van der Waals surface area contributed by atoms with Crippen LogP contribution in [-0.2, 0) is 28.7 Å². The van der Waals surface area contributed by atoms with Crippen LogP contribution < -0.4 is 75.4 Å². The van der Waals surface area contributed by atoms with Gasteiger partial charge in [0.2, 0.25) is 0 Å². The third-order valence-electron chi connectivity index (χ3n) is 0.640. The Labute approximate surface area is 147 Å². The van der Waals surface area contributed by atoms with Gasteiger partial charge in [0.25, 0.3) is 0 Å². The minimum Gasteiger partial charge on any atom is -1.00 e. The van der Waals surface area contributed by atoms with E-state index in [9.17, 15) is 19.2 Å². The van der Waals surface area contributed by atoms with Gasteiger partial charge in [-0.15, -0.1) is 0 Å². The molecule has 0 radical (unpaired) electrons. The second-order valence-corrected chi connectivity index (χ2v) is 1.76. The van der Waals surface area contributed by atoms with Gasteiger partial charge in [0.05, 0.1) is 0 Å².